The Morgan fingerprint density at radius 3 is 2.56 bits per heavy atom. The lowest BCUT2D eigenvalue weighted by atomic mass is 10.2. The standard InChI is InChI=1S/C19H17N2O3P/c1-15-8-7-13-19(20-15)21-14-16-9-5-6-12-18(16)24-25(21,22)23-17-10-3-2-4-11-17/h2-13H,14H2,1H3/t25-/m0/s1. The van der Waals surface area contributed by atoms with E-state index in [-0.39, 0.29) is 0 Å². The lowest BCUT2D eigenvalue weighted by Gasteiger charge is -2.35. The van der Waals surface area contributed by atoms with E-state index in [0.717, 1.165) is 11.3 Å². The third kappa shape index (κ3) is 3.11. The molecule has 2 aromatic carbocycles. The first-order valence-corrected chi connectivity index (χ1v) is 9.47. The minimum absolute atomic E-state index is 0.400. The summed E-state index contributed by atoms with van der Waals surface area (Å²) in [6.45, 7) is 2.29. The Morgan fingerprint density at radius 2 is 1.76 bits per heavy atom. The largest absolute Gasteiger partial charge is 0.545 e. The maximum absolute atomic E-state index is 13.6. The molecule has 4 rings (SSSR count). The van der Waals surface area contributed by atoms with Gasteiger partial charge in [-0.15, -0.1) is 0 Å². The molecule has 2 heterocycles. The quantitative estimate of drug-likeness (QED) is 0.623. The van der Waals surface area contributed by atoms with Crippen molar-refractivity contribution in [2.24, 2.45) is 0 Å². The van der Waals surface area contributed by atoms with E-state index < -0.39 is 7.75 Å². The van der Waals surface area contributed by atoms with Crippen LogP contribution in [-0.4, -0.2) is 4.98 Å². The Bertz CT molecular complexity index is 946. The number of para-hydroxylation sites is 2. The van der Waals surface area contributed by atoms with E-state index in [2.05, 4.69) is 4.98 Å². The van der Waals surface area contributed by atoms with Crippen LogP contribution >= 0.6 is 7.75 Å². The van der Waals surface area contributed by atoms with E-state index >= 15 is 0 Å². The molecule has 0 bridgehead atoms. The number of fused-ring (bicyclic) bond motifs is 1. The van der Waals surface area contributed by atoms with Crippen molar-refractivity contribution in [1.82, 2.24) is 4.98 Å². The van der Waals surface area contributed by atoms with E-state index in [9.17, 15) is 4.57 Å². The van der Waals surface area contributed by atoms with Crippen molar-refractivity contribution < 1.29 is 13.6 Å². The Hall–Kier alpha value is -2.78. The number of aryl methyl sites for hydroxylation is 1. The molecule has 1 atom stereocenters. The number of hydrogen-bond acceptors (Lipinski definition) is 4. The van der Waals surface area contributed by atoms with Gasteiger partial charge >= 0.3 is 7.75 Å². The molecule has 0 fully saturated rings. The fraction of sp³-hybridized carbons (Fsp3) is 0.105. The van der Waals surface area contributed by atoms with Gasteiger partial charge in [-0.1, -0.05) is 42.5 Å². The average Bonchev–Trinajstić information content (AvgIpc) is 2.61. The predicted octanol–water partition coefficient (Wildman–Crippen LogP) is 4.98. The van der Waals surface area contributed by atoms with Gasteiger partial charge in [0.1, 0.15) is 17.3 Å². The number of pyridine rings is 1. The van der Waals surface area contributed by atoms with Crippen LogP contribution < -0.4 is 13.7 Å². The minimum Gasteiger partial charge on any atom is -0.400 e. The maximum Gasteiger partial charge on any atom is 0.545 e. The predicted molar refractivity (Wildman–Crippen MR) is 96.9 cm³/mol. The number of rotatable bonds is 3. The van der Waals surface area contributed by atoms with Crippen LogP contribution in [-0.2, 0) is 11.1 Å². The van der Waals surface area contributed by atoms with Crippen molar-refractivity contribution in [1.29, 1.82) is 0 Å². The summed E-state index contributed by atoms with van der Waals surface area (Å²) in [4.78, 5) is 4.50. The molecule has 126 valence electrons. The SMILES string of the molecule is Cc1cccc(N2Cc3ccccc3O[P@@]2(=O)Oc2ccccc2)n1. The van der Waals surface area contributed by atoms with Crippen LogP contribution in [0.1, 0.15) is 11.3 Å². The first-order valence-electron chi connectivity index (χ1n) is 7.98. The second-order valence-corrected chi connectivity index (χ2v) is 7.55. The van der Waals surface area contributed by atoms with Crippen LogP contribution in [0.25, 0.3) is 0 Å². The summed E-state index contributed by atoms with van der Waals surface area (Å²) in [7, 11) is -3.65. The van der Waals surface area contributed by atoms with E-state index in [0.29, 0.717) is 23.9 Å². The third-order valence-electron chi connectivity index (χ3n) is 3.90. The first kappa shape index (κ1) is 15.7. The molecular formula is C19H17N2O3P. The van der Waals surface area contributed by atoms with Crippen LogP contribution in [0.2, 0.25) is 0 Å². The molecular weight excluding hydrogens is 335 g/mol. The zero-order chi connectivity index (χ0) is 17.3. The lowest BCUT2D eigenvalue weighted by Crippen LogP contribution is -2.30. The van der Waals surface area contributed by atoms with Crippen molar-refractivity contribution in [3.05, 3.63) is 84.1 Å². The molecule has 5 nitrogen and oxygen atoms in total. The van der Waals surface area contributed by atoms with Crippen molar-refractivity contribution in [2.75, 3.05) is 4.67 Å². The first-order chi connectivity index (χ1) is 12.1. The smallest absolute Gasteiger partial charge is 0.400 e. The second kappa shape index (κ2) is 6.26. The van der Waals surface area contributed by atoms with Gasteiger partial charge in [-0.25, -0.2) is 14.2 Å². The van der Waals surface area contributed by atoms with E-state index in [1.54, 1.807) is 22.9 Å². The van der Waals surface area contributed by atoms with Crippen molar-refractivity contribution in [3.63, 3.8) is 0 Å². The third-order valence-corrected chi connectivity index (χ3v) is 5.71. The highest BCUT2D eigenvalue weighted by Crippen LogP contribution is 2.57. The molecule has 6 heteroatoms. The summed E-state index contributed by atoms with van der Waals surface area (Å²) in [5, 5.41) is 0. The molecule has 0 aliphatic carbocycles. The molecule has 1 aromatic heterocycles. The lowest BCUT2D eigenvalue weighted by molar-refractivity contribution is 0.370. The van der Waals surface area contributed by atoms with Crippen LogP contribution in [0.5, 0.6) is 11.5 Å². The Balaban J connectivity index is 1.79. The monoisotopic (exact) mass is 352 g/mol. The van der Waals surface area contributed by atoms with Gasteiger partial charge in [0, 0.05) is 11.3 Å². The van der Waals surface area contributed by atoms with Crippen molar-refractivity contribution in [3.8, 4) is 11.5 Å². The van der Waals surface area contributed by atoms with Crippen molar-refractivity contribution in [2.45, 2.75) is 13.5 Å². The van der Waals surface area contributed by atoms with Gasteiger partial charge < -0.3 is 9.05 Å². The van der Waals surface area contributed by atoms with Gasteiger partial charge in [-0.2, -0.15) is 0 Å². The van der Waals surface area contributed by atoms with E-state index in [1.807, 2.05) is 61.5 Å². The molecule has 0 saturated carbocycles. The Morgan fingerprint density at radius 1 is 1.00 bits per heavy atom. The fourth-order valence-electron chi connectivity index (χ4n) is 2.71. The summed E-state index contributed by atoms with van der Waals surface area (Å²) in [5.74, 6) is 1.63. The van der Waals surface area contributed by atoms with Crippen LogP contribution in [0.15, 0.2) is 72.8 Å². The Labute approximate surface area is 146 Å². The molecule has 1 aliphatic rings. The molecule has 0 N–H and O–H groups in total. The molecule has 1 aliphatic heterocycles. The highest BCUT2D eigenvalue weighted by molar-refractivity contribution is 7.56. The summed E-state index contributed by atoms with van der Waals surface area (Å²) in [6, 6.07) is 22.2. The topological polar surface area (TPSA) is 51.7 Å². The van der Waals surface area contributed by atoms with E-state index in [1.165, 1.54) is 0 Å². The average molecular weight is 352 g/mol. The normalized spacial score (nSPS) is 19.0. The van der Waals surface area contributed by atoms with Crippen LogP contribution in [0.4, 0.5) is 5.82 Å². The molecule has 3 aromatic rings. The molecule has 25 heavy (non-hydrogen) atoms. The van der Waals surface area contributed by atoms with Gasteiger partial charge in [-0.3, -0.25) is 0 Å². The Kier molecular flexibility index (Phi) is 3.94. The summed E-state index contributed by atoms with van der Waals surface area (Å²) >= 11 is 0. The second-order valence-electron chi connectivity index (χ2n) is 5.77. The summed E-state index contributed by atoms with van der Waals surface area (Å²) in [6.07, 6.45) is 0. The van der Waals surface area contributed by atoms with Gasteiger partial charge in [0.05, 0.1) is 6.54 Å². The van der Waals surface area contributed by atoms with Gasteiger partial charge in [0.2, 0.25) is 0 Å². The zero-order valence-electron chi connectivity index (χ0n) is 13.7. The number of benzene rings is 2. The number of aromatic nitrogens is 1. The minimum atomic E-state index is -3.65. The zero-order valence-corrected chi connectivity index (χ0v) is 14.6. The number of hydrogen-bond donors (Lipinski definition) is 0. The van der Waals surface area contributed by atoms with Crippen molar-refractivity contribution >= 4 is 13.6 Å². The summed E-state index contributed by atoms with van der Waals surface area (Å²) in [5.41, 5.74) is 1.77. The summed E-state index contributed by atoms with van der Waals surface area (Å²) < 4.78 is 26.9. The number of nitrogens with zero attached hydrogens (tertiary/aromatic N) is 2. The highest BCUT2D eigenvalue weighted by atomic mass is 31.2. The van der Waals surface area contributed by atoms with Gasteiger partial charge in [0.15, 0.2) is 0 Å². The molecule has 0 saturated heterocycles. The van der Waals surface area contributed by atoms with E-state index in [4.69, 9.17) is 9.05 Å². The van der Waals surface area contributed by atoms with Gasteiger partial charge in [0.25, 0.3) is 0 Å². The molecule has 0 amide bonds. The molecule has 0 spiro atoms. The van der Waals surface area contributed by atoms with Crippen LogP contribution in [0.3, 0.4) is 0 Å². The van der Waals surface area contributed by atoms with Crippen LogP contribution in [0, 0.1) is 6.92 Å². The van der Waals surface area contributed by atoms with Gasteiger partial charge in [-0.05, 0) is 37.3 Å². The molecule has 0 unspecified atom stereocenters. The maximum atomic E-state index is 13.6. The fourth-order valence-corrected chi connectivity index (χ4v) is 4.44. The molecule has 0 radical (unpaired) electrons. The number of anilines is 1. The highest BCUT2D eigenvalue weighted by Gasteiger charge is 2.42.